The lowest BCUT2D eigenvalue weighted by molar-refractivity contribution is -0.108. The van der Waals surface area contributed by atoms with Crippen molar-refractivity contribution in [2.45, 2.75) is 0 Å². The van der Waals surface area contributed by atoms with Gasteiger partial charge in [0.1, 0.15) is 5.57 Å². The van der Waals surface area contributed by atoms with E-state index in [9.17, 15) is 9.59 Å². The van der Waals surface area contributed by atoms with Gasteiger partial charge in [-0.2, -0.15) is 0 Å². The van der Waals surface area contributed by atoms with Crippen LogP contribution in [-0.2, 0) is 4.79 Å². The summed E-state index contributed by atoms with van der Waals surface area (Å²) in [5, 5.41) is -0.705. The second-order valence-electron chi connectivity index (χ2n) is 2.44. The topological polar surface area (TPSA) is 39.1 Å². The van der Waals surface area contributed by atoms with E-state index in [0.29, 0.717) is 5.69 Å². The lowest BCUT2D eigenvalue weighted by Gasteiger charge is -1.94. The maximum Gasteiger partial charge on any atom is 0.267 e. The molecule has 0 saturated heterocycles. The van der Waals surface area contributed by atoms with Gasteiger partial charge in [-0.1, -0.05) is 0 Å². The number of rotatable bonds is 1. The van der Waals surface area contributed by atoms with Gasteiger partial charge in [0.05, 0.1) is 0 Å². The molecule has 0 spiro atoms. The Morgan fingerprint density at radius 2 is 2.25 bits per heavy atom. The van der Waals surface area contributed by atoms with Crippen molar-refractivity contribution in [1.82, 2.24) is 4.57 Å². The minimum atomic E-state index is -0.705. The highest BCUT2D eigenvalue weighted by atomic mass is 35.5. The quantitative estimate of drug-likeness (QED) is 0.484. The molecular formula is C8H4ClNO2. The summed E-state index contributed by atoms with van der Waals surface area (Å²) in [5.41, 5.74) is 0.733. The first-order valence-electron chi connectivity index (χ1n) is 3.34. The summed E-state index contributed by atoms with van der Waals surface area (Å²) >= 11 is 5.18. The summed E-state index contributed by atoms with van der Waals surface area (Å²) in [6.45, 7) is 0. The van der Waals surface area contributed by atoms with Gasteiger partial charge in [-0.25, -0.2) is 0 Å². The predicted octanol–water partition coefficient (Wildman–Crippen LogP) is 1.29. The summed E-state index contributed by atoms with van der Waals surface area (Å²) in [6, 6.07) is 3.48. The molecular weight excluding hydrogens is 178 g/mol. The fourth-order valence-electron chi connectivity index (χ4n) is 1.18. The van der Waals surface area contributed by atoms with E-state index >= 15 is 0 Å². The lowest BCUT2D eigenvalue weighted by atomic mass is 10.3. The molecule has 1 aliphatic rings. The van der Waals surface area contributed by atoms with Gasteiger partial charge in [0.25, 0.3) is 11.1 Å². The summed E-state index contributed by atoms with van der Waals surface area (Å²) in [5.74, 6) is -0.352. The Labute approximate surface area is 73.2 Å². The molecule has 0 bridgehead atoms. The average Bonchev–Trinajstić information content (AvgIpc) is 2.53. The molecule has 3 nitrogen and oxygen atoms in total. The van der Waals surface area contributed by atoms with Crippen LogP contribution in [0.5, 0.6) is 0 Å². The number of carbonyl (C=O) groups excluding carboxylic acids is 2. The highest BCUT2D eigenvalue weighted by Crippen LogP contribution is 2.20. The molecule has 1 aromatic heterocycles. The third kappa shape index (κ3) is 0.833. The largest absolute Gasteiger partial charge is 0.284 e. The van der Waals surface area contributed by atoms with Crippen LogP contribution in [0.25, 0.3) is 6.08 Å². The molecule has 0 N–H and O–H groups in total. The Hall–Kier alpha value is -1.35. The van der Waals surface area contributed by atoms with Gasteiger partial charge in [-0.05, 0) is 29.8 Å². The third-order valence-corrected chi connectivity index (χ3v) is 1.94. The Morgan fingerprint density at radius 3 is 2.83 bits per heavy atom. The fraction of sp³-hybridized carbons (Fsp3) is 0. The van der Waals surface area contributed by atoms with Crippen LogP contribution in [0.4, 0.5) is 0 Å². The molecule has 0 radical (unpaired) electrons. The van der Waals surface area contributed by atoms with Crippen LogP contribution in [0.15, 0.2) is 23.9 Å². The Bertz CT molecular complexity index is 403. The molecule has 4 heteroatoms. The standard InChI is InChI=1S/C8H4ClNO2/c9-7(11)6-4-5-2-1-3-10(5)8(6)12/h1-4H. The second kappa shape index (κ2) is 2.32. The number of allylic oxidation sites excluding steroid dienone is 1. The molecule has 0 atom stereocenters. The number of hydrogen-bond acceptors (Lipinski definition) is 2. The minimum absolute atomic E-state index is 0.0345. The molecule has 60 valence electrons. The number of hydrogen-bond donors (Lipinski definition) is 0. The summed E-state index contributed by atoms with van der Waals surface area (Å²) in [4.78, 5) is 22.0. The maximum absolute atomic E-state index is 11.3. The van der Waals surface area contributed by atoms with Crippen molar-refractivity contribution in [1.29, 1.82) is 0 Å². The monoisotopic (exact) mass is 181 g/mol. The van der Waals surface area contributed by atoms with Gasteiger partial charge >= 0.3 is 0 Å². The van der Waals surface area contributed by atoms with Crippen LogP contribution in [0, 0.1) is 0 Å². The molecule has 2 rings (SSSR count). The van der Waals surface area contributed by atoms with Gasteiger partial charge in [0.15, 0.2) is 0 Å². The number of carbonyl (C=O) groups is 2. The molecule has 0 saturated carbocycles. The molecule has 0 aromatic carbocycles. The Kier molecular flexibility index (Phi) is 1.41. The summed E-state index contributed by atoms with van der Waals surface area (Å²) < 4.78 is 1.38. The highest BCUT2D eigenvalue weighted by molar-refractivity contribution is 6.71. The summed E-state index contributed by atoms with van der Waals surface area (Å²) in [6.07, 6.45) is 3.08. The number of fused-ring (bicyclic) bond motifs is 1. The van der Waals surface area contributed by atoms with Crippen molar-refractivity contribution in [3.63, 3.8) is 0 Å². The van der Waals surface area contributed by atoms with Crippen molar-refractivity contribution in [2.75, 3.05) is 0 Å². The third-order valence-electron chi connectivity index (χ3n) is 1.73. The summed E-state index contributed by atoms with van der Waals surface area (Å²) in [7, 11) is 0. The molecule has 0 fully saturated rings. The van der Waals surface area contributed by atoms with Crippen LogP contribution in [0.1, 0.15) is 10.5 Å². The van der Waals surface area contributed by atoms with Gasteiger partial charge < -0.3 is 0 Å². The molecule has 2 heterocycles. The van der Waals surface area contributed by atoms with Crippen molar-refractivity contribution in [3.8, 4) is 0 Å². The predicted molar refractivity (Wildman–Crippen MR) is 43.9 cm³/mol. The van der Waals surface area contributed by atoms with Crippen LogP contribution in [-0.4, -0.2) is 15.7 Å². The smallest absolute Gasteiger partial charge is 0.267 e. The van der Waals surface area contributed by atoms with Crippen molar-refractivity contribution in [3.05, 3.63) is 29.6 Å². The zero-order chi connectivity index (χ0) is 8.72. The zero-order valence-electron chi connectivity index (χ0n) is 5.95. The number of aromatic nitrogens is 1. The highest BCUT2D eigenvalue weighted by Gasteiger charge is 2.25. The van der Waals surface area contributed by atoms with Crippen molar-refractivity contribution >= 4 is 28.8 Å². The Morgan fingerprint density at radius 1 is 1.50 bits per heavy atom. The maximum atomic E-state index is 11.3. The van der Waals surface area contributed by atoms with E-state index in [1.807, 2.05) is 0 Å². The van der Waals surface area contributed by atoms with Gasteiger partial charge in [-0.15, -0.1) is 0 Å². The van der Waals surface area contributed by atoms with E-state index in [1.165, 1.54) is 10.6 Å². The average molecular weight is 182 g/mol. The molecule has 12 heavy (non-hydrogen) atoms. The minimum Gasteiger partial charge on any atom is -0.284 e. The molecule has 1 aliphatic heterocycles. The molecule has 0 aliphatic carbocycles. The van der Waals surface area contributed by atoms with E-state index in [2.05, 4.69) is 0 Å². The normalized spacial score (nSPS) is 14.4. The van der Waals surface area contributed by atoms with E-state index < -0.39 is 5.24 Å². The van der Waals surface area contributed by atoms with Gasteiger partial charge in [0, 0.05) is 11.9 Å². The van der Waals surface area contributed by atoms with E-state index in [1.54, 1.807) is 18.3 Å². The number of halogens is 1. The molecule has 0 amide bonds. The first-order chi connectivity index (χ1) is 5.70. The second-order valence-corrected chi connectivity index (χ2v) is 2.78. The molecule has 0 unspecified atom stereocenters. The van der Waals surface area contributed by atoms with Gasteiger partial charge in [0.2, 0.25) is 0 Å². The van der Waals surface area contributed by atoms with Crippen LogP contribution in [0.3, 0.4) is 0 Å². The van der Waals surface area contributed by atoms with E-state index in [0.717, 1.165) is 0 Å². The first kappa shape index (κ1) is 7.31. The van der Waals surface area contributed by atoms with E-state index in [-0.39, 0.29) is 11.5 Å². The lowest BCUT2D eigenvalue weighted by Crippen LogP contribution is -2.10. The van der Waals surface area contributed by atoms with Crippen molar-refractivity contribution < 1.29 is 9.59 Å². The first-order valence-corrected chi connectivity index (χ1v) is 3.71. The zero-order valence-corrected chi connectivity index (χ0v) is 6.71. The number of nitrogens with zero attached hydrogens (tertiary/aromatic N) is 1. The van der Waals surface area contributed by atoms with E-state index in [4.69, 9.17) is 11.6 Å². The molecule has 1 aromatic rings. The SMILES string of the molecule is O=C(Cl)C1=Cc2cccn2C1=O. The van der Waals surface area contributed by atoms with Gasteiger partial charge in [-0.3, -0.25) is 14.2 Å². The van der Waals surface area contributed by atoms with Crippen LogP contribution >= 0.6 is 11.6 Å². The van der Waals surface area contributed by atoms with Crippen LogP contribution in [0.2, 0.25) is 0 Å². The van der Waals surface area contributed by atoms with Crippen LogP contribution < -0.4 is 0 Å². The van der Waals surface area contributed by atoms with Crippen molar-refractivity contribution in [2.24, 2.45) is 0 Å². The fourth-order valence-corrected chi connectivity index (χ4v) is 1.31. The Balaban J connectivity index is 2.55.